The number of para-hydroxylation sites is 1. The summed E-state index contributed by atoms with van der Waals surface area (Å²) in [6.45, 7) is 19.2. The number of hydrogen-bond donors (Lipinski definition) is 0. The molecule has 0 saturated carbocycles. The average molecular weight is 1040 g/mol. The van der Waals surface area contributed by atoms with Gasteiger partial charge >= 0.3 is 0 Å². The molecular weight excluding hydrogens is 979 g/mol. The highest BCUT2D eigenvalue weighted by Crippen LogP contribution is 2.57. The van der Waals surface area contributed by atoms with E-state index in [1.807, 2.05) is 0 Å². The first-order valence-electron chi connectivity index (χ1n) is 29.2. The zero-order valence-corrected chi connectivity index (χ0v) is 47.6. The Bertz CT molecular complexity index is 4480. The van der Waals surface area contributed by atoms with Gasteiger partial charge < -0.3 is 14.4 Å². The fourth-order valence-corrected chi connectivity index (χ4v) is 15.6. The van der Waals surface area contributed by atoms with Crippen LogP contribution in [-0.2, 0) is 21.7 Å². The summed E-state index contributed by atoms with van der Waals surface area (Å²) in [4.78, 5) is 5.06. The highest BCUT2D eigenvalue weighted by atomic mass is 15.2. The SMILES string of the molecule is CC1(C)C2=CCCC=C2c2ccc(N(c3ccc4c(c3)C(C)(C)c3ccccc3-4)c3ccc4c(c3)c3cc(N(c5ccc6c(c5)C(C)(C)c5ccccc5-6)c5ccc6c(c5)C(C)(C)c5ccccc5-6)ccc3n4-c3ccccc3)cc21. The van der Waals surface area contributed by atoms with Gasteiger partial charge in [-0.15, -0.1) is 0 Å². The van der Waals surface area contributed by atoms with Gasteiger partial charge in [-0.2, -0.15) is 0 Å². The van der Waals surface area contributed by atoms with Crippen molar-refractivity contribution in [2.45, 2.75) is 89.9 Å². The Morgan fingerprint density at radius 1 is 0.296 bits per heavy atom. The smallest absolute Gasteiger partial charge is 0.0542 e. The molecule has 0 fully saturated rings. The second kappa shape index (κ2) is 16.8. The zero-order chi connectivity index (χ0) is 54.9. The summed E-state index contributed by atoms with van der Waals surface area (Å²) >= 11 is 0. The quantitative estimate of drug-likeness (QED) is 0.158. The normalized spacial score (nSPS) is 16.6. The van der Waals surface area contributed by atoms with E-state index in [-0.39, 0.29) is 21.7 Å². The number of allylic oxidation sites excluding steroid dienone is 4. The Morgan fingerprint density at radius 3 is 1.06 bits per heavy atom. The standard InChI is InChI=1S/C78H65N3/c1-75(2)65-26-16-12-22-55(65)59-36-30-51(44-69(59)75)79(52-31-37-60-56-23-13-17-27-66(56)76(3,4)70(60)45-52)49-34-40-73-63(42-49)64-43-50(35-41-74(64)81(73)48-20-10-9-11-21-48)80(53-32-38-61-57-24-14-18-28-67(57)77(5,6)71(61)46-53)54-33-39-62-58-25-15-19-29-68(58)78(7,8)72(62)47-54/h9-14,16-18,20-47H,15,19H2,1-8H3. The number of benzene rings is 10. The third-order valence-electron chi connectivity index (χ3n) is 19.8. The molecule has 11 aromatic rings. The van der Waals surface area contributed by atoms with Gasteiger partial charge in [-0.3, -0.25) is 0 Å². The van der Waals surface area contributed by atoms with Crippen LogP contribution < -0.4 is 9.80 Å². The summed E-state index contributed by atoms with van der Waals surface area (Å²) in [5, 5.41) is 2.40. The molecule has 0 saturated heterocycles. The number of hydrogen-bond acceptors (Lipinski definition) is 2. The predicted molar refractivity (Wildman–Crippen MR) is 341 cm³/mol. The Kier molecular flexibility index (Phi) is 9.97. The van der Waals surface area contributed by atoms with Crippen molar-refractivity contribution in [2.24, 2.45) is 0 Å². The van der Waals surface area contributed by atoms with E-state index in [4.69, 9.17) is 0 Å². The Hall–Kier alpha value is -8.92. The van der Waals surface area contributed by atoms with Crippen LogP contribution in [0.1, 0.15) is 113 Å². The molecule has 10 aromatic carbocycles. The number of fused-ring (bicyclic) bond motifs is 15. The highest BCUT2D eigenvalue weighted by molar-refractivity contribution is 6.12. The minimum atomic E-state index is -0.162. The van der Waals surface area contributed by atoms with E-state index in [1.165, 1.54) is 111 Å². The van der Waals surface area contributed by atoms with Gasteiger partial charge in [0.1, 0.15) is 0 Å². The van der Waals surface area contributed by atoms with Crippen LogP contribution in [-0.4, -0.2) is 4.57 Å². The maximum atomic E-state index is 2.54. The minimum absolute atomic E-state index is 0.114. The molecule has 0 bridgehead atoms. The first-order valence-corrected chi connectivity index (χ1v) is 29.2. The fourth-order valence-electron chi connectivity index (χ4n) is 15.6. The molecule has 5 aliphatic rings. The summed E-state index contributed by atoms with van der Waals surface area (Å²) in [5.41, 5.74) is 31.5. The van der Waals surface area contributed by atoms with E-state index in [0.29, 0.717) is 0 Å². The van der Waals surface area contributed by atoms with Gasteiger partial charge in [-0.1, -0.05) is 183 Å². The lowest BCUT2D eigenvalue weighted by Crippen LogP contribution is -2.18. The predicted octanol–water partition coefficient (Wildman–Crippen LogP) is 21.0. The van der Waals surface area contributed by atoms with Crippen molar-refractivity contribution in [1.29, 1.82) is 0 Å². The van der Waals surface area contributed by atoms with Gasteiger partial charge in [0.2, 0.25) is 0 Å². The van der Waals surface area contributed by atoms with Crippen LogP contribution in [0.25, 0.3) is 66.4 Å². The molecule has 5 aliphatic carbocycles. The van der Waals surface area contributed by atoms with Crippen LogP contribution >= 0.6 is 0 Å². The molecule has 0 aliphatic heterocycles. The van der Waals surface area contributed by atoms with Crippen molar-refractivity contribution in [3.8, 4) is 39.1 Å². The maximum absolute atomic E-state index is 2.54. The molecule has 0 N–H and O–H groups in total. The van der Waals surface area contributed by atoms with Gasteiger partial charge in [-0.05, 0) is 199 Å². The summed E-state index contributed by atoms with van der Waals surface area (Å²) in [6, 6.07) is 81.2. The number of nitrogens with zero attached hydrogens (tertiary/aromatic N) is 3. The van der Waals surface area contributed by atoms with Crippen LogP contribution in [0.3, 0.4) is 0 Å². The summed E-state index contributed by atoms with van der Waals surface area (Å²) in [5.74, 6) is 0. The van der Waals surface area contributed by atoms with Gasteiger partial charge in [0, 0.05) is 72.2 Å². The molecule has 0 spiro atoms. The van der Waals surface area contributed by atoms with E-state index >= 15 is 0 Å². The first-order chi connectivity index (χ1) is 39.2. The molecule has 1 aromatic heterocycles. The lowest BCUT2D eigenvalue weighted by molar-refractivity contribution is 0.654. The summed E-state index contributed by atoms with van der Waals surface area (Å²) in [7, 11) is 0. The van der Waals surface area contributed by atoms with Gasteiger partial charge in [-0.25, -0.2) is 0 Å². The third kappa shape index (κ3) is 6.70. The molecule has 81 heavy (non-hydrogen) atoms. The van der Waals surface area contributed by atoms with Crippen LogP contribution in [0.15, 0.2) is 230 Å². The summed E-state index contributed by atoms with van der Waals surface area (Å²) in [6.07, 6.45) is 7.15. The molecule has 0 unspecified atom stereocenters. The van der Waals surface area contributed by atoms with Crippen LogP contribution in [0.4, 0.5) is 34.1 Å². The lowest BCUT2D eigenvalue weighted by atomic mass is 9.80. The van der Waals surface area contributed by atoms with E-state index < -0.39 is 0 Å². The molecule has 3 heteroatoms. The van der Waals surface area contributed by atoms with Crippen molar-refractivity contribution in [2.75, 3.05) is 9.80 Å². The van der Waals surface area contributed by atoms with E-state index in [0.717, 1.165) is 52.7 Å². The zero-order valence-electron chi connectivity index (χ0n) is 47.6. The van der Waals surface area contributed by atoms with E-state index in [1.54, 1.807) is 0 Å². The molecule has 0 radical (unpaired) electrons. The monoisotopic (exact) mass is 1040 g/mol. The van der Waals surface area contributed by atoms with Crippen molar-refractivity contribution in [1.82, 2.24) is 4.57 Å². The van der Waals surface area contributed by atoms with Crippen LogP contribution in [0.2, 0.25) is 0 Å². The maximum Gasteiger partial charge on any atom is 0.0542 e. The lowest BCUT2D eigenvalue weighted by Gasteiger charge is -2.30. The average Bonchev–Trinajstić information content (AvgIpc) is 4.15. The Morgan fingerprint density at radius 2 is 0.630 bits per heavy atom. The Balaban J connectivity index is 0.926. The van der Waals surface area contributed by atoms with Gasteiger partial charge in [0.25, 0.3) is 0 Å². The largest absolute Gasteiger partial charge is 0.310 e. The van der Waals surface area contributed by atoms with Crippen LogP contribution in [0.5, 0.6) is 0 Å². The van der Waals surface area contributed by atoms with E-state index in [9.17, 15) is 0 Å². The topological polar surface area (TPSA) is 11.4 Å². The molecule has 0 atom stereocenters. The van der Waals surface area contributed by atoms with Crippen LogP contribution in [0, 0.1) is 0 Å². The molecule has 392 valence electrons. The first kappa shape index (κ1) is 48.0. The Labute approximate surface area is 476 Å². The highest BCUT2D eigenvalue weighted by Gasteiger charge is 2.41. The molecule has 16 rings (SSSR count). The minimum Gasteiger partial charge on any atom is -0.310 e. The van der Waals surface area contributed by atoms with Crippen molar-refractivity contribution in [3.05, 3.63) is 275 Å². The molecule has 3 nitrogen and oxygen atoms in total. The van der Waals surface area contributed by atoms with Crippen molar-refractivity contribution >= 4 is 61.5 Å². The fraction of sp³-hybridized carbons (Fsp3) is 0.179. The van der Waals surface area contributed by atoms with Gasteiger partial charge in [0.15, 0.2) is 0 Å². The van der Waals surface area contributed by atoms with Crippen molar-refractivity contribution in [3.63, 3.8) is 0 Å². The number of rotatable bonds is 7. The van der Waals surface area contributed by atoms with Gasteiger partial charge in [0.05, 0.1) is 11.0 Å². The number of anilines is 6. The molecule has 0 amide bonds. The number of aromatic nitrogens is 1. The molecular formula is C78H65N3. The van der Waals surface area contributed by atoms with E-state index in [2.05, 4.69) is 294 Å². The third-order valence-corrected chi connectivity index (χ3v) is 19.8. The summed E-state index contributed by atoms with van der Waals surface area (Å²) < 4.78 is 2.47. The van der Waals surface area contributed by atoms with Crippen molar-refractivity contribution < 1.29 is 0 Å². The second-order valence-electron chi connectivity index (χ2n) is 25.6. The molecule has 1 heterocycles. The second-order valence-corrected chi connectivity index (χ2v) is 25.6.